The van der Waals surface area contributed by atoms with Gasteiger partial charge in [0.25, 0.3) is 0 Å². The number of carbonyl (C=O) groups is 1. The van der Waals surface area contributed by atoms with Crippen LogP contribution in [0.1, 0.15) is 22.5 Å². The van der Waals surface area contributed by atoms with Crippen molar-refractivity contribution in [2.45, 2.75) is 32.3 Å². The molecule has 0 fully saturated rings. The number of nitrogens with one attached hydrogen (secondary N) is 1. The number of hydrogen-bond acceptors (Lipinski definition) is 5. The summed E-state index contributed by atoms with van der Waals surface area (Å²) in [4.78, 5) is 20.8. The van der Waals surface area contributed by atoms with Gasteiger partial charge in [-0.15, -0.1) is 0 Å². The number of rotatable bonds is 7. The summed E-state index contributed by atoms with van der Waals surface area (Å²) >= 11 is 1.36. The third-order valence-electron chi connectivity index (χ3n) is 3.85. The zero-order valence-electron chi connectivity index (χ0n) is 14.5. The lowest BCUT2D eigenvalue weighted by Crippen LogP contribution is -2.27. The minimum absolute atomic E-state index is 0.0191. The Balaban J connectivity index is 1.80. The van der Waals surface area contributed by atoms with Crippen LogP contribution in [0.2, 0.25) is 0 Å². The van der Waals surface area contributed by atoms with Gasteiger partial charge in [0.2, 0.25) is 5.91 Å². The Morgan fingerprint density at radius 2 is 1.83 bits per heavy atom. The summed E-state index contributed by atoms with van der Waals surface area (Å²) in [6, 6.07) is 7.83. The van der Waals surface area contributed by atoms with Crippen LogP contribution in [0, 0.1) is 20.8 Å². The zero-order valence-corrected chi connectivity index (χ0v) is 15.4. The second kappa shape index (κ2) is 8.68. The van der Waals surface area contributed by atoms with E-state index in [0.717, 1.165) is 34.7 Å². The highest BCUT2D eigenvalue weighted by molar-refractivity contribution is 7.99. The lowest BCUT2D eigenvalue weighted by atomic mass is 10.1. The van der Waals surface area contributed by atoms with Crippen LogP contribution < -0.4 is 10.1 Å². The van der Waals surface area contributed by atoms with E-state index in [0.29, 0.717) is 17.5 Å². The van der Waals surface area contributed by atoms with Crippen molar-refractivity contribution in [3.63, 3.8) is 0 Å². The summed E-state index contributed by atoms with van der Waals surface area (Å²) in [6.07, 6.45) is 0.736. The number of nitrogens with zero attached hydrogens (tertiary/aromatic N) is 2. The highest BCUT2D eigenvalue weighted by Crippen LogP contribution is 2.18. The van der Waals surface area contributed by atoms with Crippen LogP contribution in [-0.4, -0.2) is 35.3 Å². The fourth-order valence-electron chi connectivity index (χ4n) is 2.23. The first-order chi connectivity index (χ1) is 11.5. The smallest absolute Gasteiger partial charge is 0.230 e. The number of hydrogen-bond donors (Lipinski definition) is 1. The minimum Gasteiger partial charge on any atom is -0.496 e. The van der Waals surface area contributed by atoms with Crippen molar-refractivity contribution in [3.8, 4) is 5.75 Å². The van der Waals surface area contributed by atoms with Crippen LogP contribution >= 0.6 is 11.8 Å². The SMILES string of the molecule is COc1ccccc1CCNC(=O)CSc1nc(C)c(C)c(C)n1. The van der Waals surface area contributed by atoms with Crippen molar-refractivity contribution in [2.24, 2.45) is 0 Å². The van der Waals surface area contributed by atoms with Gasteiger partial charge in [-0.05, 0) is 44.4 Å². The number of methoxy groups -OCH3 is 1. The average Bonchev–Trinajstić information content (AvgIpc) is 2.58. The maximum atomic E-state index is 12.0. The fourth-order valence-corrected chi connectivity index (χ4v) is 3.00. The van der Waals surface area contributed by atoms with E-state index in [1.165, 1.54) is 11.8 Å². The molecule has 1 amide bonds. The summed E-state index contributed by atoms with van der Waals surface area (Å²) in [6.45, 7) is 6.50. The molecule has 0 radical (unpaired) electrons. The molecule has 0 atom stereocenters. The monoisotopic (exact) mass is 345 g/mol. The standard InChI is InChI=1S/C18H23N3O2S/c1-12-13(2)20-18(21-14(12)3)24-11-17(22)19-10-9-15-7-5-6-8-16(15)23-4/h5-8H,9-11H2,1-4H3,(H,19,22). The lowest BCUT2D eigenvalue weighted by molar-refractivity contribution is -0.118. The molecular weight excluding hydrogens is 322 g/mol. The van der Waals surface area contributed by atoms with Crippen molar-refractivity contribution < 1.29 is 9.53 Å². The predicted octanol–water partition coefficient (Wildman–Crippen LogP) is 2.86. The maximum absolute atomic E-state index is 12.0. The Morgan fingerprint density at radius 3 is 2.50 bits per heavy atom. The largest absolute Gasteiger partial charge is 0.496 e. The van der Waals surface area contributed by atoms with E-state index in [1.807, 2.05) is 45.0 Å². The molecule has 1 heterocycles. The predicted molar refractivity (Wildman–Crippen MR) is 96.7 cm³/mol. The van der Waals surface area contributed by atoms with Gasteiger partial charge >= 0.3 is 0 Å². The number of aryl methyl sites for hydroxylation is 2. The first-order valence-electron chi connectivity index (χ1n) is 7.84. The molecule has 6 heteroatoms. The average molecular weight is 345 g/mol. The Kier molecular flexibility index (Phi) is 6.61. The Bertz CT molecular complexity index is 696. The second-order valence-corrected chi connectivity index (χ2v) is 6.44. The summed E-state index contributed by atoms with van der Waals surface area (Å²) < 4.78 is 5.31. The van der Waals surface area contributed by atoms with E-state index < -0.39 is 0 Å². The number of aromatic nitrogens is 2. The van der Waals surface area contributed by atoms with Crippen LogP contribution in [0.15, 0.2) is 29.4 Å². The molecule has 0 saturated carbocycles. The Morgan fingerprint density at radius 1 is 1.17 bits per heavy atom. The van der Waals surface area contributed by atoms with E-state index in [-0.39, 0.29) is 5.91 Å². The molecule has 0 aliphatic carbocycles. The summed E-state index contributed by atoms with van der Waals surface area (Å²) in [5.41, 5.74) is 4.10. The molecule has 0 aliphatic heterocycles. The van der Waals surface area contributed by atoms with Crippen molar-refractivity contribution in [1.82, 2.24) is 15.3 Å². The van der Waals surface area contributed by atoms with E-state index in [2.05, 4.69) is 15.3 Å². The molecule has 1 N–H and O–H groups in total. The van der Waals surface area contributed by atoms with Crippen molar-refractivity contribution in [3.05, 3.63) is 46.8 Å². The van der Waals surface area contributed by atoms with Crippen molar-refractivity contribution in [1.29, 1.82) is 0 Å². The number of para-hydroxylation sites is 1. The summed E-state index contributed by atoms with van der Waals surface area (Å²) in [5, 5.41) is 3.57. The van der Waals surface area contributed by atoms with E-state index >= 15 is 0 Å². The molecule has 128 valence electrons. The van der Waals surface area contributed by atoms with Gasteiger partial charge in [-0.1, -0.05) is 30.0 Å². The van der Waals surface area contributed by atoms with E-state index in [1.54, 1.807) is 7.11 Å². The maximum Gasteiger partial charge on any atom is 0.230 e. The van der Waals surface area contributed by atoms with Crippen LogP contribution in [0.25, 0.3) is 0 Å². The van der Waals surface area contributed by atoms with Gasteiger partial charge in [0, 0.05) is 17.9 Å². The molecular formula is C18H23N3O2S. The normalized spacial score (nSPS) is 10.5. The topological polar surface area (TPSA) is 64.1 Å². The Labute approximate surface area is 147 Å². The van der Waals surface area contributed by atoms with E-state index in [9.17, 15) is 4.79 Å². The molecule has 0 bridgehead atoms. The first kappa shape index (κ1) is 18.3. The van der Waals surface area contributed by atoms with Gasteiger partial charge < -0.3 is 10.1 Å². The second-order valence-electron chi connectivity index (χ2n) is 5.50. The number of amides is 1. The molecule has 5 nitrogen and oxygen atoms in total. The highest BCUT2D eigenvalue weighted by atomic mass is 32.2. The van der Waals surface area contributed by atoms with Gasteiger partial charge in [-0.25, -0.2) is 9.97 Å². The van der Waals surface area contributed by atoms with Gasteiger partial charge in [-0.2, -0.15) is 0 Å². The van der Waals surface area contributed by atoms with Crippen LogP contribution in [0.3, 0.4) is 0 Å². The van der Waals surface area contributed by atoms with Crippen molar-refractivity contribution in [2.75, 3.05) is 19.4 Å². The van der Waals surface area contributed by atoms with Crippen LogP contribution in [0.4, 0.5) is 0 Å². The summed E-state index contributed by atoms with van der Waals surface area (Å²) in [5.74, 6) is 1.14. The molecule has 2 aromatic rings. The summed E-state index contributed by atoms with van der Waals surface area (Å²) in [7, 11) is 1.65. The third kappa shape index (κ3) is 4.96. The number of thioether (sulfide) groups is 1. The van der Waals surface area contributed by atoms with E-state index in [4.69, 9.17) is 4.74 Å². The molecule has 0 unspecified atom stereocenters. The quantitative estimate of drug-likeness (QED) is 0.617. The first-order valence-corrected chi connectivity index (χ1v) is 8.83. The fraction of sp³-hybridized carbons (Fsp3) is 0.389. The number of ether oxygens (including phenoxy) is 1. The van der Waals surface area contributed by atoms with Gasteiger partial charge in [0.05, 0.1) is 12.9 Å². The van der Waals surface area contributed by atoms with Gasteiger partial charge in [0.1, 0.15) is 5.75 Å². The van der Waals surface area contributed by atoms with Crippen molar-refractivity contribution >= 4 is 17.7 Å². The highest BCUT2D eigenvalue weighted by Gasteiger charge is 2.08. The minimum atomic E-state index is -0.0191. The number of carbonyl (C=O) groups excluding carboxylic acids is 1. The molecule has 0 spiro atoms. The zero-order chi connectivity index (χ0) is 17.5. The molecule has 2 rings (SSSR count). The number of benzene rings is 1. The molecule has 0 saturated heterocycles. The molecule has 24 heavy (non-hydrogen) atoms. The molecule has 1 aromatic heterocycles. The molecule has 0 aliphatic rings. The Hall–Kier alpha value is -2.08. The lowest BCUT2D eigenvalue weighted by Gasteiger charge is -2.09. The van der Waals surface area contributed by atoms with Crippen LogP contribution in [0.5, 0.6) is 5.75 Å². The third-order valence-corrected chi connectivity index (χ3v) is 4.70. The molecule has 1 aromatic carbocycles. The van der Waals surface area contributed by atoms with Crippen LogP contribution in [-0.2, 0) is 11.2 Å². The van der Waals surface area contributed by atoms with Gasteiger partial charge in [-0.3, -0.25) is 4.79 Å². The van der Waals surface area contributed by atoms with Gasteiger partial charge in [0.15, 0.2) is 5.16 Å².